The van der Waals surface area contributed by atoms with Gasteiger partial charge in [0, 0.05) is 5.56 Å². The Balaban J connectivity index is 2.00. The predicted octanol–water partition coefficient (Wildman–Crippen LogP) is 3.42. The summed E-state index contributed by atoms with van der Waals surface area (Å²) in [6.07, 6.45) is 0.389. The summed E-state index contributed by atoms with van der Waals surface area (Å²) >= 11 is 0. The number of para-hydroxylation sites is 1. The van der Waals surface area contributed by atoms with Gasteiger partial charge < -0.3 is 10.1 Å². The van der Waals surface area contributed by atoms with Gasteiger partial charge >= 0.3 is 0 Å². The third kappa shape index (κ3) is 4.09. The number of hydrogen-bond donors (Lipinski definition) is 1. The molecule has 0 spiro atoms. The van der Waals surface area contributed by atoms with Gasteiger partial charge in [-0.2, -0.15) is 0 Å². The summed E-state index contributed by atoms with van der Waals surface area (Å²) in [5.41, 5.74) is 3.20. The first kappa shape index (κ1) is 15.1. The fourth-order valence-electron chi connectivity index (χ4n) is 2.29. The van der Waals surface area contributed by atoms with Crippen molar-refractivity contribution in [2.75, 3.05) is 7.11 Å². The van der Waals surface area contributed by atoms with Gasteiger partial charge in [-0.1, -0.05) is 48.0 Å². The van der Waals surface area contributed by atoms with Crippen molar-refractivity contribution in [1.82, 2.24) is 5.32 Å². The third-order valence-corrected chi connectivity index (χ3v) is 3.47. The Kier molecular flexibility index (Phi) is 4.99. The van der Waals surface area contributed by atoms with Crippen LogP contribution in [0.4, 0.5) is 0 Å². The first-order chi connectivity index (χ1) is 10.1. The fourth-order valence-corrected chi connectivity index (χ4v) is 2.29. The van der Waals surface area contributed by atoms with Gasteiger partial charge in [-0.15, -0.1) is 0 Å². The highest BCUT2D eigenvalue weighted by molar-refractivity contribution is 5.79. The summed E-state index contributed by atoms with van der Waals surface area (Å²) in [6, 6.07) is 15.7. The monoisotopic (exact) mass is 283 g/mol. The minimum Gasteiger partial charge on any atom is -0.496 e. The van der Waals surface area contributed by atoms with Gasteiger partial charge in [0.05, 0.1) is 19.6 Å². The molecule has 1 amide bonds. The third-order valence-electron chi connectivity index (χ3n) is 3.47. The zero-order valence-electron chi connectivity index (χ0n) is 12.7. The number of aryl methyl sites for hydroxylation is 1. The molecule has 1 atom stereocenters. The van der Waals surface area contributed by atoms with Crippen LogP contribution in [0.2, 0.25) is 0 Å². The molecule has 3 heteroatoms. The number of nitrogens with one attached hydrogen (secondary N) is 1. The molecule has 0 bridgehead atoms. The number of ether oxygens (including phenoxy) is 1. The largest absolute Gasteiger partial charge is 0.496 e. The molecule has 2 aromatic carbocycles. The van der Waals surface area contributed by atoms with Crippen molar-refractivity contribution in [2.24, 2.45) is 0 Å². The first-order valence-corrected chi connectivity index (χ1v) is 7.08. The molecule has 1 N–H and O–H groups in total. The second-order valence-electron chi connectivity index (χ2n) is 5.19. The van der Waals surface area contributed by atoms with Gasteiger partial charge in [0.2, 0.25) is 5.91 Å². The van der Waals surface area contributed by atoms with Gasteiger partial charge in [-0.05, 0) is 25.5 Å². The average molecular weight is 283 g/mol. The number of methoxy groups -OCH3 is 1. The molecule has 2 rings (SSSR count). The molecular weight excluding hydrogens is 262 g/mol. The second kappa shape index (κ2) is 6.93. The molecule has 0 saturated heterocycles. The molecule has 0 aliphatic heterocycles. The van der Waals surface area contributed by atoms with E-state index in [9.17, 15) is 4.79 Å². The van der Waals surface area contributed by atoms with E-state index in [0.29, 0.717) is 6.42 Å². The molecule has 21 heavy (non-hydrogen) atoms. The van der Waals surface area contributed by atoms with E-state index >= 15 is 0 Å². The Morgan fingerprint density at radius 1 is 1.14 bits per heavy atom. The normalized spacial score (nSPS) is 11.8. The van der Waals surface area contributed by atoms with Gasteiger partial charge in [-0.25, -0.2) is 0 Å². The lowest BCUT2D eigenvalue weighted by Gasteiger charge is -2.17. The first-order valence-electron chi connectivity index (χ1n) is 7.08. The number of rotatable bonds is 5. The Morgan fingerprint density at radius 3 is 2.48 bits per heavy atom. The van der Waals surface area contributed by atoms with Crippen molar-refractivity contribution in [2.45, 2.75) is 26.3 Å². The smallest absolute Gasteiger partial charge is 0.224 e. The maximum atomic E-state index is 12.1. The molecule has 0 aromatic heterocycles. The Hall–Kier alpha value is -2.29. The van der Waals surface area contributed by atoms with E-state index in [1.807, 2.05) is 62.4 Å². The van der Waals surface area contributed by atoms with E-state index < -0.39 is 0 Å². The van der Waals surface area contributed by atoms with Crippen LogP contribution in [0.15, 0.2) is 48.5 Å². The van der Waals surface area contributed by atoms with Crippen LogP contribution in [0.3, 0.4) is 0 Å². The number of amides is 1. The van der Waals surface area contributed by atoms with Gasteiger partial charge in [0.15, 0.2) is 0 Å². The van der Waals surface area contributed by atoms with Crippen LogP contribution in [0.5, 0.6) is 5.75 Å². The summed E-state index contributed by atoms with van der Waals surface area (Å²) < 4.78 is 5.33. The van der Waals surface area contributed by atoms with Crippen molar-refractivity contribution in [3.63, 3.8) is 0 Å². The predicted molar refractivity (Wildman–Crippen MR) is 84.4 cm³/mol. The lowest BCUT2D eigenvalue weighted by molar-refractivity contribution is -0.121. The van der Waals surface area contributed by atoms with Crippen LogP contribution in [0.1, 0.15) is 29.7 Å². The number of carbonyl (C=O) groups is 1. The van der Waals surface area contributed by atoms with E-state index in [2.05, 4.69) is 5.32 Å². The lowest BCUT2D eigenvalue weighted by atomic mass is 10.1. The molecular formula is C18H21NO2. The van der Waals surface area contributed by atoms with Crippen LogP contribution >= 0.6 is 0 Å². The quantitative estimate of drug-likeness (QED) is 0.913. The average Bonchev–Trinajstić information content (AvgIpc) is 2.49. The summed E-state index contributed by atoms with van der Waals surface area (Å²) in [7, 11) is 1.64. The molecule has 110 valence electrons. The van der Waals surface area contributed by atoms with Crippen molar-refractivity contribution >= 4 is 5.91 Å². The molecule has 0 heterocycles. The molecule has 0 unspecified atom stereocenters. The summed E-state index contributed by atoms with van der Waals surface area (Å²) in [5.74, 6) is 0.804. The minimum atomic E-state index is -0.0842. The maximum Gasteiger partial charge on any atom is 0.224 e. The number of hydrogen-bond acceptors (Lipinski definition) is 2. The maximum absolute atomic E-state index is 12.1. The highest BCUT2D eigenvalue weighted by Gasteiger charge is 2.13. The Bertz CT molecular complexity index is 605. The van der Waals surface area contributed by atoms with Crippen molar-refractivity contribution in [3.05, 3.63) is 65.2 Å². The molecule has 0 aliphatic carbocycles. The van der Waals surface area contributed by atoms with Crippen molar-refractivity contribution < 1.29 is 9.53 Å². The molecule has 3 nitrogen and oxygen atoms in total. The van der Waals surface area contributed by atoms with Gasteiger partial charge in [0.1, 0.15) is 5.75 Å². The van der Waals surface area contributed by atoms with Crippen LogP contribution in [-0.2, 0) is 11.2 Å². The van der Waals surface area contributed by atoms with Crippen LogP contribution in [0, 0.1) is 6.92 Å². The summed E-state index contributed by atoms with van der Waals surface area (Å²) in [6.45, 7) is 4.00. The Morgan fingerprint density at radius 2 is 1.81 bits per heavy atom. The van der Waals surface area contributed by atoms with E-state index in [0.717, 1.165) is 16.9 Å². The molecule has 0 saturated carbocycles. The molecule has 0 radical (unpaired) electrons. The Labute approximate surface area is 126 Å². The fraction of sp³-hybridized carbons (Fsp3) is 0.278. The standard InChI is InChI=1S/C18H21NO2/c1-13-8-10-15(11-9-13)12-18(20)19-14(2)16-6-4-5-7-17(16)21-3/h4-11,14H,12H2,1-3H3,(H,19,20)/t14-/m1/s1. The van der Waals surface area contributed by atoms with Crippen LogP contribution in [0.25, 0.3) is 0 Å². The highest BCUT2D eigenvalue weighted by atomic mass is 16.5. The van der Waals surface area contributed by atoms with Gasteiger partial charge in [0.25, 0.3) is 0 Å². The SMILES string of the molecule is COc1ccccc1[C@@H](C)NC(=O)Cc1ccc(C)cc1. The van der Waals surface area contributed by atoms with Gasteiger partial charge in [-0.3, -0.25) is 4.79 Å². The van der Waals surface area contributed by atoms with E-state index in [4.69, 9.17) is 4.74 Å². The topological polar surface area (TPSA) is 38.3 Å². The number of benzene rings is 2. The summed E-state index contributed by atoms with van der Waals surface area (Å²) in [5, 5.41) is 3.02. The number of carbonyl (C=O) groups excluding carboxylic acids is 1. The second-order valence-corrected chi connectivity index (χ2v) is 5.19. The summed E-state index contributed by atoms with van der Waals surface area (Å²) in [4.78, 5) is 12.1. The highest BCUT2D eigenvalue weighted by Crippen LogP contribution is 2.24. The van der Waals surface area contributed by atoms with E-state index in [-0.39, 0.29) is 11.9 Å². The van der Waals surface area contributed by atoms with Crippen LogP contribution < -0.4 is 10.1 Å². The lowest BCUT2D eigenvalue weighted by Crippen LogP contribution is -2.28. The molecule has 0 aliphatic rings. The molecule has 0 fully saturated rings. The van der Waals surface area contributed by atoms with Crippen LogP contribution in [-0.4, -0.2) is 13.0 Å². The molecule has 2 aromatic rings. The van der Waals surface area contributed by atoms with Crippen molar-refractivity contribution in [1.29, 1.82) is 0 Å². The zero-order chi connectivity index (χ0) is 15.2. The van der Waals surface area contributed by atoms with E-state index in [1.165, 1.54) is 5.56 Å². The zero-order valence-corrected chi connectivity index (χ0v) is 12.7. The van der Waals surface area contributed by atoms with E-state index in [1.54, 1.807) is 7.11 Å². The minimum absolute atomic E-state index is 0.0114. The van der Waals surface area contributed by atoms with Crippen molar-refractivity contribution in [3.8, 4) is 5.75 Å².